The highest BCUT2D eigenvalue weighted by Gasteiger charge is 2.67. The van der Waals surface area contributed by atoms with Gasteiger partial charge in [0.15, 0.2) is 0 Å². The summed E-state index contributed by atoms with van der Waals surface area (Å²) >= 11 is 0. The summed E-state index contributed by atoms with van der Waals surface area (Å²) in [6.07, 6.45) is 10.7. The van der Waals surface area contributed by atoms with Crippen molar-refractivity contribution in [2.45, 2.75) is 89.3 Å². The molecule has 0 radical (unpaired) electrons. The fraction of sp³-hybridized carbons (Fsp3) is 0.792. The summed E-state index contributed by atoms with van der Waals surface area (Å²) < 4.78 is 5.17. The molecule has 1 aromatic heterocycles. The minimum atomic E-state index is -0.638. The smallest absolute Gasteiger partial charge is 0.335 e. The second-order valence-electron chi connectivity index (χ2n) is 10.8. The zero-order valence-electron chi connectivity index (χ0n) is 17.2. The van der Waals surface area contributed by atoms with E-state index in [2.05, 4.69) is 13.8 Å². The molecule has 0 aromatic carbocycles. The van der Waals surface area contributed by atoms with Crippen LogP contribution in [-0.4, -0.2) is 21.9 Å². The number of fused-ring (bicyclic) bond motifs is 5. The average molecular weight is 387 g/mol. The van der Waals surface area contributed by atoms with Crippen molar-refractivity contribution in [3.8, 4) is 0 Å². The van der Waals surface area contributed by atoms with Gasteiger partial charge in [0.25, 0.3) is 0 Å². The molecular weight excluding hydrogens is 352 g/mol. The quantitative estimate of drug-likeness (QED) is 0.757. The van der Waals surface area contributed by atoms with E-state index in [1.807, 2.05) is 6.07 Å². The molecule has 2 N–H and O–H groups in total. The lowest BCUT2D eigenvalue weighted by Gasteiger charge is -2.63. The monoisotopic (exact) mass is 386 g/mol. The number of hydrogen-bond donors (Lipinski definition) is 2. The van der Waals surface area contributed by atoms with Crippen molar-refractivity contribution in [1.82, 2.24) is 0 Å². The Morgan fingerprint density at radius 3 is 2.57 bits per heavy atom. The van der Waals surface area contributed by atoms with Crippen LogP contribution in [0.4, 0.5) is 0 Å². The van der Waals surface area contributed by atoms with Gasteiger partial charge in [0.1, 0.15) is 0 Å². The lowest BCUT2D eigenvalue weighted by Crippen LogP contribution is -2.62. The lowest BCUT2D eigenvalue weighted by atomic mass is 9.43. The first-order valence-corrected chi connectivity index (χ1v) is 11.3. The Bertz CT molecular complexity index is 797. The standard InChI is InChI=1S/C24H34O4/c1-22-10-7-17(25)13-16(22)4-5-20-19(22)8-11-23(2)18(9-12-24(20,23)27)15-3-6-21(26)28-14-15/h3,6,14,16-20,25,27H,4-5,7-13H2,1-2H3/t16-,17-,18+,19+,20-,22-,23-,24-/m0/s1. The molecule has 4 aliphatic rings. The maximum atomic E-state index is 12.2. The molecule has 0 unspecified atom stereocenters. The maximum absolute atomic E-state index is 12.2. The van der Waals surface area contributed by atoms with Crippen molar-refractivity contribution in [2.75, 3.05) is 0 Å². The lowest BCUT2D eigenvalue weighted by molar-refractivity contribution is -0.205. The van der Waals surface area contributed by atoms with E-state index < -0.39 is 5.60 Å². The third-order valence-electron chi connectivity index (χ3n) is 9.95. The van der Waals surface area contributed by atoms with Gasteiger partial charge in [-0.3, -0.25) is 0 Å². The van der Waals surface area contributed by atoms with Crippen LogP contribution in [-0.2, 0) is 0 Å². The first-order valence-electron chi connectivity index (χ1n) is 11.3. The summed E-state index contributed by atoms with van der Waals surface area (Å²) in [7, 11) is 0. The number of rotatable bonds is 1. The van der Waals surface area contributed by atoms with E-state index in [1.54, 1.807) is 6.26 Å². The van der Waals surface area contributed by atoms with E-state index in [0.717, 1.165) is 56.9 Å². The van der Waals surface area contributed by atoms with Crippen molar-refractivity contribution in [1.29, 1.82) is 0 Å². The van der Waals surface area contributed by atoms with E-state index in [1.165, 1.54) is 12.5 Å². The predicted molar refractivity (Wildman–Crippen MR) is 107 cm³/mol. The van der Waals surface area contributed by atoms with Crippen molar-refractivity contribution in [3.05, 3.63) is 34.4 Å². The Kier molecular flexibility index (Phi) is 4.17. The summed E-state index contributed by atoms with van der Waals surface area (Å²) in [5, 5.41) is 22.4. The Hall–Kier alpha value is -1.13. The first kappa shape index (κ1) is 18.9. The molecule has 4 saturated carbocycles. The van der Waals surface area contributed by atoms with Crippen molar-refractivity contribution in [3.63, 3.8) is 0 Å². The molecule has 8 atom stereocenters. The third-order valence-corrected chi connectivity index (χ3v) is 9.95. The highest BCUT2D eigenvalue weighted by molar-refractivity contribution is 5.27. The van der Waals surface area contributed by atoms with Crippen LogP contribution in [0.1, 0.15) is 83.1 Å². The van der Waals surface area contributed by atoms with E-state index in [4.69, 9.17) is 4.42 Å². The normalized spacial score (nSPS) is 50.5. The molecular formula is C24H34O4. The molecule has 0 amide bonds. The Morgan fingerprint density at radius 1 is 1.00 bits per heavy atom. The van der Waals surface area contributed by atoms with Crippen molar-refractivity contribution in [2.24, 2.45) is 28.6 Å². The molecule has 154 valence electrons. The van der Waals surface area contributed by atoms with Gasteiger partial charge < -0.3 is 14.6 Å². The van der Waals surface area contributed by atoms with Crippen LogP contribution in [0.15, 0.2) is 27.6 Å². The maximum Gasteiger partial charge on any atom is 0.335 e. The summed E-state index contributed by atoms with van der Waals surface area (Å²) in [5.41, 5.74) is 0.219. The fourth-order valence-corrected chi connectivity index (χ4v) is 8.30. The Morgan fingerprint density at radius 2 is 1.82 bits per heavy atom. The highest BCUT2D eigenvalue weighted by atomic mass is 16.4. The van der Waals surface area contributed by atoms with Gasteiger partial charge >= 0.3 is 5.63 Å². The molecule has 1 heterocycles. The van der Waals surface area contributed by atoms with Crippen LogP contribution in [0.3, 0.4) is 0 Å². The van der Waals surface area contributed by atoms with Crippen LogP contribution >= 0.6 is 0 Å². The molecule has 4 aliphatic carbocycles. The molecule has 0 aliphatic heterocycles. The fourth-order valence-electron chi connectivity index (χ4n) is 8.30. The molecule has 0 bridgehead atoms. The predicted octanol–water partition coefficient (Wildman–Crippen LogP) is 4.24. The summed E-state index contributed by atoms with van der Waals surface area (Å²) in [4.78, 5) is 11.4. The summed E-state index contributed by atoms with van der Waals surface area (Å²) in [6.45, 7) is 4.73. The van der Waals surface area contributed by atoms with Crippen LogP contribution < -0.4 is 5.63 Å². The van der Waals surface area contributed by atoms with Crippen molar-refractivity contribution >= 4 is 0 Å². The van der Waals surface area contributed by atoms with Gasteiger partial charge in [-0.05, 0) is 98.5 Å². The molecule has 4 heteroatoms. The molecule has 4 fully saturated rings. The van der Waals surface area contributed by atoms with Gasteiger partial charge in [-0.1, -0.05) is 13.8 Å². The SMILES string of the molecule is C[C@]12CC[C@H](O)C[C@@H]1CC[C@H]1[C@H]2CC[C@@]2(C)[C@@H](c3ccc(=O)oc3)CC[C@]12O. The third kappa shape index (κ3) is 2.40. The minimum absolute atomic E-state index is 0.129. The average Bonchev–Trinajstić information content (AvgIpc) is 2.95. The topological polar surface area (TPSA) is 70.7 Å². The molecule has 5 rings (SSSR count). The Balaban J connectivity index is 1.48. The first-order chi connectivity index (χ1) is 13.3. The molecule has 0 spiro atoms. The van der Waals surface area contributed by atoms with Gasteiger partial charge in [-0.25, -0.2) is 4.79 Å². The molecule has 4 nitrogen and oxygen atoms in total. The minimum Gasteiger partial charge on any atom is -0.431 e. The van der Waals surface area contributed by atoms with E-state index >= 15 is 0 Å². The van der Waals surface area contributed by atoms with Crippen LogP contribution in [0.5, 0.6) is 0 Å². The van der Waals surface area contributed by atoms with Gasteiger partial charge in [-0.2, -0.15) is 0 Å². The molecule has 28 heavy (non-hydrogen) atoms. The van der Waals surface area contributed by atoms with Crippen molar-refractivity contribution < 1.29 is 14.6 Å². The molecule has 0 saturated heterocycles. The Labute approximate surface area is 167 Å². The van der Waals surface area contributed by atoms with Crippen LogP contribution in [0, 0.1) is 28.6 Å². The van der Waals surface area contributed by atoms with E-state index in [-0.39, 0.29) is 28.5 Å². The summed E-state index contributed by atoms with van der Waals surface area (Å²) in [6, 6.07) is 3.42. The number of aliphatic hydroxyl groups excluding tert-OH is 1. The zero-order valence-corrected chi connectivity index (χ0v) is 17.2. The van der Waals surface area contributed by atoms with Gasteiger partial charge in [0.2, 0.25) is 0 Å². The van der Waals surface area contributed by atoms with Gasteiger partial charge in [-0.15, -0.1) is 0 Å². The number of hydrogen-bond acceptors (Lipinski definition) is 4. The van der Waals surface area contributed by atoms with Gasteiger partial charge in [0.05, 0.1) is 18.0 Å². The second kappa shape index (κ2) is 6.18. The van der Waals surface area contributed by atoms with Crippen LogP contribution in [0.25, 0.3) is 0 Å². The van der Waals surface area contributed by atoms with E-state index in [0.29, 0.717) is 17.8 Å². The largest absolute Gasteiger partial charge is 0.431 e. The van der Waals surface area contributed by atoms with E-state index in [9.17, 15) is 15.0 Å². The highest BCUT2D eigenvalue weighted by Crippen LogP contribution is 2.70. The summed E-state index contributed by atoms with van der Waals surface area (Å²) in [5.74, 6) is 1.76. The molecule has 1 aromatic rings. The second-order valence-corrected chi connectivity index (χ2v) is 10.8. The van der Waals surface area contributed by atoms with Gasteiger partial charge in [0, 0.05) is 11.5 Å². The number of aliphatic hydroxyl groups is 2. The van der Waals surface area contributed by atoms with Crippen LogP contribution in [0.2, 0.25) is 0 Å². The zero-order chi connectivity index (χ0) is 19.7.